The number of aromatic nitrogens is 2. The van der Waals surface area contributed by atoms with Crippen molar-refractivity contribution in [3.63, 3.8) is 0 Å². The molecule has 0 aromatic carbocycles. The molecule has 2 rings (SSSR count). The first-order chi connectivity index (χ1) is 9.15. The van der Waals surface area contributed by atoms with E-state index in [9.17, 15) is 4.79 Å². The van der Waals surface area contributed by atoms with Crippen molar-refractivity contribution in [1.82, 2.24) is 14.9 Å². The Morgan fingerprint density at radius 1 is 1.47 bits per heavy atom. The fraction of sp³-hybridized carbons (Fsp3) is 0.714. The van der Waals surface area contributed by atoms with Crippen LogP contribution in [0.5, 0.6) is 0 Å². The molecule has 0 unspecified atom stereocenters. The Morgan fingerprint density at radius 3 is 2.79 bits per heavy atom. The minimum Gasteiger partial charge on any atom is -0.347 e. The molecule has 1 heterocycles. The van der Waals surface area contributed by atoms with Gasteiger partial charge in [0.15, 0.2) is 0 Å². The molecule has 1 aromatic heterocycles. The van der Waals surface area contributed by atoms with Gasteiger partial charge in [-0.15, -0.1) is 0 Å². The smallest absolute Gasteiger partial charge is 0.223 e. The van der Waals surface area contributed by atoms with Gasteiger partial charge in [-0.3, -0.25) is 4.79 Å². The Morgan fingerprint density at radius 2 is 2.21 bits per heavy atom. The van der Waals surface area contributed by atoms with E-state index in [0.717, 1.165) is 18.7 Å². The second kappa shape index (κ2) is 6.19. The fourth-order valence-electron chi connectivity index (χ4n) is 2.91. The normalized spacial score (nSPS) is 18.2. The molecule has 1 aliphatic rings. The van der Waals surface area contributed by atoms with E-state index in [1.807, 2.05) is 7.05 Å². The molecule has 106 valence electrons. The highest BCUT2D eigenvalue weighted by Gasteiger charge is 2.33. The predicted octanol–water partition coefficient (Wildman–Crippen LogP) is 1.67. The van der Waals surface area contributed by atoms with E-state index in [0.29, 0.717) is 19.5 Å². The molecule has 1 saturated carbocycles. The summed E-state index contributed by atoms with van der Waals surface area (Å²) in [4.78, 5) is 21.2. The van der Waals surface area contributed by atoms with Crippen LogP contribution in [-0.4, -0.2) is 34.4 Å². The molecule has 0 bridgehead atoms. The molecule has 1 fully saturated rings. The Hall–Kier alpha value is -1.36. The molecular formula is C14H24N4O. The zero-order valence-electron chi connectivity index (χ0n) is 11.7. The maximum atomic E-state index is 12.3. The van der Waals surface area contributed by atoms with Crippen molar-refractivity contribution in [2.45, 2.75) is 45.1 Å². The lowest BCUT2D eigenvalue weighted by atomic mass is 9.71. The summed E-state index contributed by atoms with van der Waals surface area (Å²) in [6.07, 6.45) is 9.90. The first kappa shape index (κ1) is 14.1. The average molecular weight is 264 g/mol. The number of nitrogens with one attached hydrogen (secondary N) is 1. The van der Waals surface area contributed by atoms with Gasteiger partial charge >= 0.3 is 0 Å². The van der Waals surface area contributed by atoms with Crippen molar-refractivity contribution >= 4 is 5.91 Å². The third-order valence-corrected chi connectivity index (χ3v) is 4.24. The summed E-state index contributed by atoms with van der Waals surface area (Å²) in [7, 11) is 1.83. The number of nitrogens with zero attached hydrogens (tertiary/aromatic N) is 2. The van der Waals surface area contributed by atoms with Gasteiger partial charge in [0, 0.05) is 25.9 Å². The van der Waals surface area contributed by atoms with Gasteiger partial charge in [0.05, 0.1) is 6.54 Å². The number of carbonyl (C=O) groups is 1. The van der Waals surface area contributed by atoms with Crippen molar-refractivity contribution in [2.75, 3.05) is 13.6 Å². The largest absolute Gasteiger partial charge is 0.347 e. The van der Waals surface area contributed by atoms with Gasteiger partial charge in [-0.1, -0.05) is 19.3 Å². The van der Waals surface area contributed by atoms with Crippen LogP contribution in [0.4, 0.5) is 0 Å². The van der Waals surface area contributed by atoms with Gasteiger partial charge in [-0.25, -0.2) is 4.98 Å². The Bertz CT molecular complexity index is 396. The summed E-state index contributed by atoms with van der Waals surface area (Å²) in [5.74, 6) is 0.991. The molecule has 0 aliphatic heterocycles. The van der Waals surface area contributed by atoms with Gasteiger partial charge in [0.25, 0.3) is 0 Å². The number of H-pyrrole nitrogens is 1. The van der Waals surface area contributed by atoms with Gasteiger partial charge in [0.1, 0.15) is 5.82 Å². The highest BCUT2D eigenvalue weighted by molar-refractivity contribution is 5.76. The molecule has 5 heteroatoms. The van der Waals surface area contributed by atoms with Crippen LogP contribution >= 0.6 is 0 Å². The van der Waals surface area contributed by atoms with Crippen molar-refractivity contribution in [3.05, 3.63) is 18.2 Å². The Kier molecular flexibility index (Phi) is 4.58. The van der Waals surface area contributed by atoms with Gasteiger partial charge in [0.2, 0.25) is 5.91 Å². The summed E-state index contributed by atoms with van der Waals surface area (Å²) < 4.78 is 0. The maximum absolute atomic E-state index is 12.3. The van der Waals surface area contributed by atoms with E-state index in [1.54, 1.807) is 17.3 Å². The van der Waals surface area contributed by atoms with Crippen LogP contribution in [0.3, 0.4) is 0 Å². The number of carbonyl (C=O) groups excluding carboxylic acids is 1. The lowest BCUT2D eigenvalue weighted by Crippen LogP contribution is -2.39. The van der Waals surface area contributed by atoms with Crippen molar-refractivity contribution in [2.24, 2.45) is 11.1 Å². The molecular weight excluding hydrogens is 240 g/mol. The maximum Gasteiger partial charge on any atom is 0.223 e. The third kappa shape index (κ3) is 3.56. The number of aromatic amines is 1. The second-order valence-corrected chi connectivity index (χ2v) is 5.73. The summed E-state index contributed by atoms with van der Waals surface area (Å²) in [6.45, 7) is 1.15. The minimum absolute atomic E-state index is 0.0345. The SMILES string of the molecule is CN(Cc1ncc[nH]1)C(=O)CC1(CN)CCCCC1. The van der Waals surface area contributed by atoms with Crippen molar-refractivity contribution < 1.29 is 4.79 Å². The Labute approximate surface area is 114 Å². The topological polar surface area (TPSA) is 75.0 Å². The summed E-state index contributed by atoms with van der Waals surface area (Å²) >= 11 is 0. The van der Waals surface area contributed by atoms with Gasteiger partial charge < -0.3 is 15.6 Å². The molecule has 1 aliphatic carbocycles. The number of hydrogen-bond donors (Lipinski definition) is 2. The van der Waals surface area contributed by atoms with E-state index in [4.69, 9.17) is 5.73 Å². The average Bonchev–Trinajstić information content (AvgIpc) is 2.92. The van der Waals surface area contributed by atoms with Crippen molar-refractivity contribution in [3.8, 4) is 0 Å². The first-order valence-electron chi connectivity index (χ1n) is 7.07. The molecule has 0 saturated heterocycles. The molecule has 19 heavy (non-hydrogen) atoms. The highest BCUT2D eigenvalue weighted by Crippen LogP contribution is 2.38. The highest BCUT2D eigenvalue weighted by atomic mass is 16.2. The molecule has 1 amide bonds. The van der Waals surface area contributed by atoms with E-state index in [-0.39, 0.29) is 11.3 Å². The van der Waals surface area contributed by atoms with E-state index < -0.39 is 0 Å². The van der Waals surface area contributed by atoms with Crippen LogP contribution in [0.2, 0.25) is 0 Å². The molecule has 1 aromatic rings. The molecule has 0 atom stereocenters. The minimum atomic E-state index is 0.0345. The standard InChI is InChI=1S/C14H24N4O/c1-18(10-12-16-7-8-17-12)13(19)9-14(11-15)5-3-2-4-6-14/h7-8H,2-6,9-11,15H2,1H3,(H,16,17). The summed E-state index contributed by atoms with van der Waals surface area (Å²) in [5.41, 5.74) is 5.97. The predicted molar refractivity (Wildman–Crippen MR) is 74.3 cm³/mol. The van der Waals surface area contributed by atoms with Crippen molar-refractivity contribution in [1.29, 1.82) is 0 Å². The number of rotatable bonds is 5. The number of nitrogens with two attached hydrogens (primary N) is 1. The lowest BCUT2D eigenvalue weighted by Gasteiger charge is -2.36. The Balaban J connectivity index is 1.91. The van der Waals surface area contributed by atoms with Crippen LogP contribution < -0.4 is 5.73 Å². The fourth-order valence-corrected chi connectivity index (χ4v) is 2.91. The van der Waals surface area contributed by atoms with Crippen LogP contribution in [0, 0.1) is 5.41 Å². The number of amides is 1. The number of imidazole rings is 1. The molecule has 0 spiro atoms. The first-order valence-corrected chi connectivity index (χ1v) is 7.07. The second-order valence-electron chi connectivity index (χ2n) is 5.73. The van der Waals surface area contributed by atoms with E-state index in [1.165, 1.54) is 19.3 Å². The molecule has 5 nitrogen and oxygen atoms in total. The summed E-state index contributed by atoms with van der Waals surface area (Å²) in [6, 6.07) is 0. The summed E-state index contributed by atoms with van der Waals surface area (Å²) in [5, 5.41) is 0. The van der Waals surface area contributed by atoms with E-state index >= 15 is 0 Å². The zero-order valence-corrected chi connectivity index (χ0v) is 11.7. The quantitative estimate of drug-likeness (QED) is 0.849. The van der Waals surface area contributed by atoms with Crippen LogP contribution in [0.25, 0.3) is 0 Å². The van der Waals surface area contributed by atoms with E-state index in [2.05, 4.69) is 9.97 Å². The van der Waals surface area contributed by atoms with Gasteiger partial charge in [-0.2, -0.15) is 0 Å². The van der Waals surface area contributed by atoms with Crippen LogP contribution in [-0.2, 0) is 11.3 Å². The third-order valence-electron chi connectivity index (χ3n) is 4.24. The molecule has 0 radical (unpaired) electrons. The number of hydrogen-bond acceptors (Lipinski definition) is 3. The zero-order chi connectivity index (χ0) is 13.7. The lowest BCUT2D eigenvalue weighted by molar-refractivity contribution is -0.133. The molecule has 3 N–H and O–H groups in total. The van der Waals surface area contributed by atoms with Crippen LogP contribution in [0.15, 0.2) is 12.4 Å². The monoisotopic (exact) mass is 264 g/mol. The van der Waals surface area contributed by atoms with Crippen LogP contribution in [0.1, 0.15) is 44.3 Å². The van der Waals surface area contributed by atoms with Gasteiger partial charge in [-0.05, 0) is 24.8 Å².